The van der Waals surface area contributed by atoms with Crippen molar-refractivity contribution >= 4 is 17.8 Å². The van der Waals surface area contributed by atoms with E-state index in [1.807, 2.05) is 6.92 Å². The zero-order valence-corrected chi connectivity index (χ0v) is 10.3. The maximum atomic E-state index is 11.4. The molecule has 104 valence electrons. The Morgan fingerprint density at radius 3 is 2.33 bits per heavy atom. The summed E-state index contributed by atoms with van der Waals surface area (Å²) < 4.78 is 5.09. The Hall–Kier alpha value is -1.63. The van der Waals surface area contributed by atoms with Gasteiger partial charge in [-0.05, 0) is 12.8 Å². The molecule has 0 spiro atoms. The molecule has 0 heterocycles. The van der Waals surface area contributed by atoms with Gasteiger partial charge in [0.25, 0.3) is 0 Å². The zero-order chi connectivity index (χ0) is 14.0. The quantitative estimate of drug-likeness (QED) is 0.485. The standard InChI is InChI=1S/C11H19NO6/c1-2-6-18-7-5-9(13)12-8(11(16)17)3-4-10(14)15/h8H,2-7H2,1H3,(H,12,13)(H,14,15)(H,16,17)/t8-/m0/s1. The molecule has 0 saturated carbocycles. The fourth-order valence-corrected chi connectivity index (χ4v) is 1.20. The SMILES string of the molecule is CCCOCCC(=O)N[C@@H](CCC(=O)O)C(=O)O. The molecule has 1 atom stereocenters. The molecule has 0 aliphatic carbocycles. The Morgan fingerprint density at radius 2 is 1.83 bits per heavy atom. The number of carboxylic acid groups (broad SMARTS) is 2. The maximum Gasteiger partial charge on any atom is 0.326 e. The molecule has 0 radical (unpaired) electrons. The van der Waals surface area contributed by atoms with Crippen molar-refractivity contribution in [1.29, 1.82) is 0 Å². The molecule has 7 heteroatoms. The molecule has 0 aromatic rings. The van der Waals surface area contributed by atoms with E-state index < -0.39 is 23.9 Å². The normalized spacial score (nSPS) is 11.8. The number of carbonyl (C=O) groups is 3. The van der Waals surface area contributed by atoms with E-state index in [0.29, 0.717) is 6.61 Å². The van der Waals surface area contributed by atoms with Gasteiger partial charge in [0.05, 0.1) is 6.61 Å². The lowest BCUT2D eigenvalue weighted by Crippen LogP contribution is -2.41. The molecule has 0 unspecified atom stereocenters. The molecule has 0 aliphatic rings. The Kier molecular flexibility index (Phi) is 8.55. The third-order valence-corrected chi connectivity index (χ3v) is 2.10. The van der Waals surface area contributed by atoms with Crippen molar-refractivity contribution in [3.63, 3.8) is 0 Å². The van der Waals surface area contributed by atoms with Gasteiger partial charge in [0.1, 0.15) is 6.04 Å². The summed E-state index contributed by atoms with van der Waals surface area (Å²) in [5.74, 6) is -2.79. The summed E-state index contributed by atoms with van der Waals surface area (Å²) >= 11 is 0. The summed E-state index contributed by atoms with van der Waals surface area (Å²) in [5, 5.41) is 19.5. The van der Waals surface area contributed by atoms with Gasteiger partial charge in [-0.25, -0.2) is 4.79 Å². The molecule has 1 amide bonds. The molecular weight excluding hydrogens is 242 g/mol. The van der Waals surface area contributed by atoms with E-state index in [1.165, 1.54) is 0 Å². The number of aliphatic carboxylic acids is 2. The van der Waals surface area contributed by atoms with Crippen LogP contribution in [0, 0.1) is 0 Å². The van der Waals surface area contributed by atoms with E-state index in [4.69, 9.17) is 14.9 Å². The van der Waals surface area contributed by atoms with E-state index >= 15 is 0 Å². The first-order valence-corrected chi connectivity index (χ1v) is 5.79. The molecule has 3 N–H and O–H groups in total. The molecule has 0 aromatic carbocycles. The summed E-state index contributed by atoms with van der Waals surface area (Å²) in [7, 11) is 0. The first kappa shape index (κ1) is 16.4. The van der Waals surface area contributed by atoms with Crippen molar-refractivity contribution in [2.75, 3.05) is 13.2 Å². The van der Waals surface area contributed by atoms with Crippen molar-refractivity contribution in [3.05, 3.63) is 0 Å². The van der Waals surface area contributed by atoms with Crippen LogP contribution in [0.25, 0.3) is 0 Å². The van der Waals surface area contributed by atoms with Crippen molar-refractivity contribution in [3.8, 4) is 0 Å². The van der Waals surface area contributed by atoms with E-state index in [2.05, 4.69) is 5.32 Å². The number of carbonyl (C=O) groups excluding carboxylic acids is 1. The molecule has 0 fully saturated rings. The van der Waals surface area contributed by atoms with Crippen LogP contribution in [0.15, 0.2) is 0 Å². The average molecular weight is 261 g/mol. The minimum absolute atomic E-state index is 0.0663. The van der Waals surface area contributed by atoms with Crippen molar-refractivity contribution < 1.29 is 29.3 Å². The average Bonchev–Trinajstić information content (AvgIpc) is 2.29. The molecule has 7 nitrogen and oxygen atoms in total. The van der Waals surface area contributed by atoms with E-state index in [0.717, 1.165) is 6.42 Å². The Labute approximate surface area is 105 Å². The van der Waals surface area contributed by atoms with Gasteiger partial charge in [-0.1, -0.05) is 6.92 Å². The largest absolute Gasteiger partial charge is 0.481 e. The van der Waals surface area contributed by atoms with Gasteiger partial charge in [-0.15, -0.1) is 0 Å². The third-order valence-electron chi connectivity index (χ3n) is 2.10. The van der Waals surface area contributed by atoms with Gasteiger partial charge < -0.3 is 20.3 Å². The Balaban J connectivity index is 3.96. The van der Waals surface area contributed by atoms with Crippen molar-refractivity contribution in [2.45, 2.75) is 38.6 Å². The summed E-state index contributed by atoms with van der Waals surface area (Å²) in [6.45, 7) is 2.71. The van der Waals surface area contributed by atoms with Crippen molar-refractivity contribution in [2.24, 2.45) is 0 Å². The smallest absolute Gasteiger partial charge is 0.326 e. The van der Waals surface area contributed by atoms with E-state index in [9.17, 15) is 14.4 Å². The predicted molar refractivity (Wildman–Crippen MR) is 62.2 cm³/mol. The minimum atomic E-state index is -1.24. The van der Waals surface area contributed by atoms with Gasteiger partial charge in [0.2, 0.25) is 5.91 Å². The molecule has 0 aliphatic heterocycles. The fraction of sp³-hybridized carbons (Fsp3) is 0.727. The molecule has 18 heavy (non-hydrogen) atoms. The number of nitrogens with one attached hydrogen (secondary N) is 1. The summed E-state index contributed by atoms with van der Waals surface area (Å²) in [6, 6.07) is -1.17. The highest BCUT2D eigenvalue weighted by molar-refractivity contribution is 5.83. The first-order chi connectivity index (χ1) is 8.47. The monoisotopic (exact) mass is 261 g/mol. The number of hydrogen-bond acceptors (Lipinski definition) is 4. The summed E-state index contributed by atoms with van der Waals surface area (Å²) in [6.07, 6.45) is 0.477. The van der Waals surface area contributed by atoms with Gasteiger partial charge >= 0.3 is 11.9 Å². The van der Waals surface area contributed by atoms with Crippen molar-refractivity contribution in [1.82, 2.24) is 5.32 Å². The van der Waals surface area contributed by atoms with Crippen LogP contribution >= 0.6 is 0 Å². The molecular formula is C11H19NO6. The lowest BCUT2D eigenvalue weighted by atomic mass is 10.1. The highest BCUT2D eigenvalue weighted by Gasteiger charge is 2.20. The van der Waals surface area contributed by atoms with Gasteiger partial charge in [0, 0.05) is 19.4 Å². The topological polar surface area (TPSA) is 113 Å². The van der Waals surface area contributed by atoms with Crippen LogP contribution in [-0.4, -0.2) is 47.3 Å². The number of ether oxygens (including phenoxy) is 1. The first-order valence-electron chi connectivity index (χ1n) is 5.79. The van der Waals surface area contributed by atoms with Crippen LogP contribution in [-0.2, 0) is 19.1 Å². The Morgan fingerprint density at radius 1 is 1.17 bits per heavy atom. The zero-order valence-electron chi connectivity index (χ0n) is 10.3. The minimum Gasteiger partial charge on any atom is -0.481 e. The molecule has 0 bridgehead atoms. The second-order valence-corrected chi connectivity index (χ2v) is 3.75. The van der Waals surface area contributed by atoms with E-state index in [-0.39, 0.29) is 25.9 Å². The third kappa shape index (κ3) is 8.51. The second kappa shape index (κ2) is 9.41. The highest BCUT2D eigenvalue weighted by atomic mass is 16.5. The van der Waals surface area contributed by atoms with Gasteiger partial charge in [0.15, 0.2) is 0 Å². The molecule has 0 aromatic heterocycles. The number of carboxylic acids is 2. The van der Waals surface area contributed by atoms with Crippen LogP contribution in [0.4, 0.5) is 0 Å². The highest BCUT2D eigenvalue weighted by Crippen LogP contribution is 1.99. The van der Waals surface area contributed by atoms with Gasteiger partial charge in [-0.2, -0.15) is 0 Å². The van der Waals surface area contributed by atoms with Crippen LogP contribution < -0.4 is 5.32 Å². The number of rotatable bonds is 10. The number of hydrogen-bond donors (Lipinski definition) is 3. The summed E-state index contributed by atoms with van der Waals surface area (Å²) in [4.78, 5) is 32.5. The lowest BCUT2D eigenvalue weighted by molar-refractivity contribution is -0.143. The van der Waals surface area contributed by atoms with Crippen LogP contribution in [0.2, 0.25) is 0 Å². The maximum absolute atomic E-state index is 11.4. The predicted octanol–water partition coefficient (Wildman–Crippen LogP) is 0.237. The number of amides is 1. The molecule has 0 rings (SSSR count). The lowest BCUT2D eigenvalue weighted by Gasteiger charge is -2.13. The van der Waals surface area contributed by atoms with Gasteiger partial charge in [-0.3, -0.25) is 9.59 Å². The molecule has 0 saturated heterocycles. The Bertz CT molecular complexity index is 291. The fourth-order valence-electron chi connectivity index (χ4n) is 1.20. The van der Waals surface area contributed by atoms with Crippen LogP contribution in [0.3, 0.4) is 0 Å². The van der Waals surface area contributed by atoms with E-state index in [1.54, 1.807) is 0 Å². The van der Waals surface area contributed by atoms with Crippen LogP contribution in [0.1, 0.15) is 32.6 Å². The summed E-state index contributed by atoms with van der Waals surface area (Å²) in [5.41, 5.74) is 0. The van der Waals surface area contributed by atoms with Crippen LogP contribution in [0.5, 0.6) is 0 Å². The second-order valence-electron chi connectivity index (χ2n) is 3.75.